The number of aliphatic hydroxyl groups excluding tert-OH is 1. The van der Waals surface area contributed by atoms with E-state index in [0.29, 0.717) is 11.8 Å². The second-order valence-corrected chi connectivity index (χ2v) is 6.85. The molecule has 2 rings (SSSR count). The van der Waals surface area contributed by atoms with Gasteiger partial charge in [0, 0.05) is 8.95 Å². The van der Waals surface area contributed by atoms with Gasteiger partial charge in [0.1, 0.15) is 0 Å². The van der Waals surface area contributed by atoms with Crippen LogP contribution in [0.15, 0.2) is 21.1 Å². The van der Waals surface area contributed by atoms with Gasteiger partial charge in [-0.25, -0.2) is 0 Å². The van der Waals surface area contributed by atoms with Crippen LogP contribution < -0.4 is 0 Å². The van der Waals surface area contributed by atoms with E-state index in [4.69, 9.17) is 0 Å². The normalized spacial score (nSPS) is 26.2. The van der Waals surface area contributed by atoms with Crippen molar-refractivity contribution >= 4 is 31.9 Å². The van der Waals surface area contributed by atoms with Crippen molar-refractivity contribution in [2.24, 2.45) is 11.8 Å². The van der Waals surface area contributed by atoms with E-state index in [1.165, 1.54) is 18.4 Å². The van der Waals surface area contributed by atoms with Crippen LogP contribution in [-0.2, 0) is 0 Å². The molecule has 1 aromatic carbocycles. The molecule has 0 saturated heterocycles. The molecule has 3 unspecified atom stereocenters. The number of hydrogen-bond donors (Lipinski definition) is 1. The lowest BCUT2D eigenvalue weighted by atomic mass is 9.88. The first-order valence-electron chi connectivity index (χ1n) is 6.14. The summed E-state index contributed by atoms with van der Waals surface area (Å²) in [5.41, 5.74) is 2.20. The Morgan fingerprint density at radius 2 is 1.94 bits per heavy atom. The average Bonchev–Trinajstić information content (AvgIpc) is 2.69. The van der Waals surface area contributed by atoms with E-state index in [0.717, 1.165) is 20.9 Å². The number of hydrogen-bond acceptors (Lipinski definition) is 1. The van der Waals surface area contributed by atoms with Crippen molar-refractivity contribution in [1.29, 1.82) is 0 Å². The highest BCUT2D eigenvalue weighted by molar-refractivity contribution is 9.11. The Morgan fingerprint density at radius 3 is 2.53 bits per heavy atom. The number of halogens is 2. The summed E-state index contributed by atoms with van der Waals surface area (Å²) in [5.74, 6) is 1.03. The molecule has 1 fully saturated rings. The predicted octanol–water partition coefficient (Wildman–Crippen LogP) is 4.99. The Labute approximate surface area is 120 Å². The third-order valence-corrected chi connectivity index (χ3v) is 5.47. The van der Waals surface area contributed by atoms with Gasteiger partial charge in [-0.15, -0.1) is 0 Å². The number of benzene rings is 1. The van der Waals surface area contributed by atoms with Gasteiger partial charge in [0.05, 0.1) is 6.10 Å². The topological polar surface area (TPSA) is 20.2 Å². The van der Waals surface area contributed by atoms with Gasteiger partial charge < -0.3 is 5.11 Å². The summed E-state index contributed by atoms with van der Waals surface area (Å²) in [6, 6.07) is 4.12. The van der Waals surface area contributed by atoms with Crippen molar-refractivity contribution in [1.82, 2.24) is 0 Å². The molecule has 0 amide bonds. The zero-order valence-corrected chi connectivity index (χ0v) is 13.4. The molecule has 17 heavy (non-hydrogen) atoms. The van der Waals surface area contributed by atoms with Crippen LogP contribution in [0.3, 0.4) is 0 Å². The molecule has 1 nitrogen and oxygen atoms in total. The van der Waals surface area contributed by atoms with Crippen molar-refractivity contribution in [3.63, 3.8) is 0 Å². The molecule has 1 aliphatic carbocycles. The fourth-order valence-electron chi connectivity index (χ4n) is 2.76. The smallest absolute Gasteiger partial charge is 0.0832 e. The van der Waals surface area contributed by atoms with Gasteiger partial charge in [-0.05, 0) is 48.4 Å². The van der Waals surface area contributed by atoms with Gasteiger partial charge in [-0.2, -0.15) is 0 Å². The summed E-state index contributed by atoms with van der Waals surface area (Å²) in [6.45, 7) is 4.31. The molecule has 0 spiro atoms. The minimum absolute atomic E-state index is 0.348. The maximum atomic E-state index is 10.5. The monoisotopic (exact) mass is 360 g/mol. The fraction of sp³-hybridized carbons (Fsp3) is 0.571. The summed E-state index contributed by atoms with van der Waals surface area (Å²) in [5, 5.41) is 10.5. The van der Waals surface area contributed by atoms with Crippen molar-refractivity contribution in [3.05, 3.63) is 32.2 Å². The Balaban J connectivity index is 2.30. The Kier molecular flexibility index (Phi) is 4.32. The maximum Gasteiger partial charge on any atom is 0.0832 e. The lowest BCUT2D eigenvalue weighted by Gasteiger charge is -2.24. The van der Waals surface area contributed by atoms with Crippen LogP contribution in [0.4, 0.5) is 0 Å². The highest BCUT2D eigenvalue weighted by Crippen LogP contribution is 2.42. The quantitative estimate of drug-likeness (QED) is 0.786. The average molecular weight is 362 g/mol. The predicted molar refractivity (Wildman–Crippen MR) is 78.0 cm³/mol. The van der Waals surface area contributed by atoms with Crippen molar-refractivity contribution in [3.8, 4) is 0 Å². The van der Waals surface area contributed by atoms with Crippen LogP contribution in [0.2, 0.25) is 0 Å². The lowest BCUT2D eigenvalue weighted by Crippen LogP contribution is -2.15. The minimum atomic E-state index is -0.348. The van der Waals surface area contributed by atoms with E-state index in [9.17, 15) is 5.11 Å². The molecular weight excluding hydrogens is 344 g/mol. The van der Waals surface area contributed by atoms with Gasteiger partial charge in [-0.1, -0.05) is 51.6 Å². The maximum absolute atomic E-state index is 10.5. The van der Waals surface area contributed by atoms with Crippen LogP contribution in [0.1, 0.15) is 43.4 Å². The molecule has 0 aliphatic heterocycles. The van der Waals surface area contributed by atoms with E-state index in [1.807, 2.05) is 0 Å². The number of aliphatic hydroxyl groups is 1. The minimum Gasteiger partial charge on any atom is -0.388 e. The van der Waals surface area contributed by atoms with Crippen LogP contribution in [0.5, 0.6) is 0 Å². The molecule has 0 bridgehead atoms. The Morgan fingerprint density at radius 1 is 1.24 bits per heavy atom. The highest BCUT2D eigenvalue weighted by atomic mass is 79.9. The molecule has 1 aromatic rings. The van der Waals surface area contributed by atoms with E-state index in [-0.39, 0.29) is 6.10 Å². The second-order valence-electron chi connectivity index (χ2n) is 5.14. The molecule has 1 N–H and O–H groups in total. The summed E-state index contributed by atoms with van der Waals surface area (Å²) in [4.78, 5) is 0. The van der Waals surface area contributed by atoms with E-state index >= 15 is 0 Å². The van der Waals surface area contributed by atoms with Crippen molar-refractivity contribution in [2.45, 2.75) is 39.2 Å². The molecule has 0 heterocycles. The third-order valence-electron chi connectivity index (χ3n) is 3.93. The molecule has 1 saturated carbocycles. The second kappa shape index (κ2) is 5.41. The van der Waals surface area contributed by atoms with Gasteiger partial charge in [0.2, 0.25) is 0 Å². The summed E-state index contributed by atoms with van der Waals surface area (Å²) in [7, 11) is 0. The van der Waals surface area contributed by atoms with E-state index in [2.05, 4.69) is 57.8 Å². The zero-order chi connectivity index (χ0) is 12.6. The summed E-state index contributed by atoms with van der Waals surface area (Å²) >= 11 is 7.11. The first kappa shape index (κ1) is 13.6. The Hall–Kier alpha value is 0.140. The van der Waals surface area contributed by atoms with E-state index < -0.39 is 0 Å². The van der Waals surface area contributed by atoms with Crippen molar-refractivity contribution < 1.29 is 5.11 Å². The summed E-state index contributed by atoms with van der Waals surface area (Å²) in [6.07, 6.45) is 3.28. The first-order chi connectivity index (χ1) is 8.00. The molecule has 0 aromatic heterocycles. The fourth-order valence-corrected chi connectivity index (χ4v) is 3.82. The van der Waals surface area contributed by atoms with Crippen LogP contribution in [0.25, 0.3) is 0 Å². The molecule has 94 valence electrons. The molecule has 0 radical (unpaired) electrons. The molecule has 1 aliphatic rings. The lowest BCUT2D eigenvalue weighted by molar-refractivity contribution is 0.0894. The van der Waals surface area contributed by atoms with Crippen LogP contribution in [-0.4, -0.2) is 5.11 Å². The standard InChI is InChI=1S/C14H18Br2O/c1-8-4-3-5-10(8)14(17)11-7-12(15)9(2)6-13(11)16/h6-8,10,14,17H,3-5H2,1-2H3. The zero-order valence-electron chi connectivity index (χ0n) is 10.2. The van der Waals surface area contributed by atoms with Gasteiger partial charge in [0.25, 0.3) is 0 Å². The molecular formula is C14H18Br2O. The van der Waals surface area contributed by atoms with Crippen LogP contribution >= 0.6 is 31.9 Å². The summed E-state index contributed by atoms with van der Waals surface area (Å²) < 4.78 is 2.09. The SMILES string of the molecule is Cc1cc(Br)c(C(O)C2CCCC2C)cc1Br. The third kappa shape index (κ3) is 2.77. The highest BCUT2D eigenvalue weighted by Gasteiger charge is 2.31. The Bertz CT molecular complexity index is 417. The number of aryl methyl sites for hydroxylation is 1. The van der Waals surface area contributed by atoms with Gasteiger partial charge in [-0.3, -0.25) is 0 Å². The molecule has 3 heteroatoms. The first-order valence-corrected chi connectivity index (χ1v) is 7.73. The largest absolute Gasteiger partial charge is 0.388 e. The van der Waals surface area contributed by atoms with E-state index in [1.54, 1.807) is 0 Å². The number of rotatable bonds is 2. The molecule has 3 atom stereocenters. The van der Waals surface area contributed by atoms with Crippen LogP contribution in [0, 0.1) is 18.8 Å². The van der Waals surface area contributed by atoms with Gasteiger partial charge in [0.15, 0.2) is 0 Å². The van der Waals surface area contributed by atoms with Gasteiger partial charge >= 0.3 is 0 Å². The van der Waals surface area contributed by atoms with Crippen molar-refractivity contribution in [2.75, 3.05) is 0 Å².